The van der Waals surface area contributed by atoms with Gasteiger partial charge in [-0.15, -0.1) is 0 Å². The molecule has 158 valence electrons. The first kappa shape index (κ1) is 23.4. The van der Waals surface area contributed by atoms with Crippen LogP contribution in [-0.2, 0) is 4.79 Å². The van der Waals surface area contributed by atoms with Crippen LogP contribution in [0, 0.1) is 11.3 Å². The Hall–Kier alpha value is -2.89. The first-order chi connectivity index (χ1) is 14.4. The zero-order valence-electron chi connectivity index (χ0n) is 16.8. The molecular formula is C21H20BrClN2O5. The van der Waals surface area contributed by atoms with E-state index in [1.165, 1.54) is 39.5 Å². The van der Waals surface area contributed by atoms with Gasteiger partial charge < -0.3 is 24.3 Å². The van der Waals surface area contributed by atoms with Crippen LogP contribution in [0.15, 0.2) is 34.3 Å². The molecule has 2 aromatic rings. The highest BCUT2D eigenvalue weighted by Gasteiger charge is 2.17. The zero-order chi connectivity index (χ0) is 22.3. The van der Waals surface area contributed by atoms with Crippen molar-refractivity contribution in [3.05, 3.63) is 44.9 Å². The van der Waals surface area contributed by atoms with Gasteiger partial charge in [0.05, 0.1) is 43.1 Å². The monoisotopic (exact) mass is 494 g/mol. The van der Waals surface area contributed by atoms with Crippen molar-refractivity contribution in [2.75, 3.05) is 33.3 Å². The lowest BCUT2D eigenvalue weighted by Crippen LogP contribution is -2.14. The van der Waals surface area contributed by atoms with E-state index in [-0.39, 0.29) is 5.57 Å². The quantitative estimate of drug-likeness (QED) is 0.406. The van der Waals surface area contributed by atoms with Crippen molar-refractivity contribution in [1.82, 2.24) is 0 Å². The van der Waals surface area contributed by atoms with Crippen LogP contribution >= 0.6 is 27.5 Å². The summed E-state index contributed by atoms with van der Waals surface area (Å²) in [4.78, 5) is 12.7. The van der Waals surface area contributed by atoms with Gasteiger partial charge in [0, 0.05) is 12.1 Å². The fraction of sp³-hybridized carbons (Fsp3) is 0.238. The van der Waals surface area contributed by atoms with Gasteiger partial charge in [-0.1, -0.05) is 11.6 Å². The van der Waals surface area contributed by atoms with Gasteiger partial charge in [-0.05, 0) is 46.6 Å². The standard InChI is InChI=1S/C21H20BrClN2O5/c1-5-30-19-8-12(7-14(22)20(19)29-4)6-13(11-24)21(26)25-16-10-17(27-2)15(23)9-18(16)28-3/h6-10H,5H2,1-4H3,(H,25,26)/b13-6+. The summed E-state index contributed by atoms with van der Waals surface area (Å²) in [6, 6.07) is 8.35. The number of nitrogens with one attached hydrogen (secondary N) is 1. The third-order valence-electron chi connectivity index (χ3n) is 3.93. The number of ether oxygens (including phenoxy) is 4. The number of benzene rings is 2. The molecule has 0 atom stereocenters. The molecule has 0 aliphatic carbocycles. The predicted molar refractivity (Wildman–Crippen MR) is 119 cm³/mol. The molecule has 0 aromatic heterocycles. The number of anilines is 1. The fourth-order valence-corrected chi connectivity index (χ4v) is 3.45. The lowest BCUT2D eigenvalue weighted by molar-refractivity contribution is -0.112. The van der Waals surface area contributed by atoms with Crippen molar-refractivity contribution in [3.8, 4) is 29.1 Å². The summed E-state index contributed by atoms with van der Waals surface area (Å²) in [5.41, 5.74) is 0.778. The number of carbonyl (C=O) groups excluding carboxylic acids is 1. The molecule has 0 bridgehead atoms. The van der Waals surface area contributed by atoms with Crippen LogP contribution in [0.5, 0.6) is 23.0 Å². The van der Waals surface area contributed by atoms with E-state index >= 15 is 0 Å². The van der Waals surface area contributed by atoms with Gasteiger partial charge >= 0.3 is 0 Å². The molecule has 9 heteroatoms. The highest BCUT2D eigenvalue weighted by atomic mass is 79.9. The van der Waals surface area contributed by atoms with Gasteiger partial charge in [-0.25, -0.2) is 0 Å². The Morgan fingerprint density at radius 3 is 2.40 bits per heavy atom. The van der Waals surface area contributed by atoms with Gasteiger partial charge in [0.2, 0.25) is 0 Å². The van der Waals surface area contributed by atoms with E-state index in [1.54, 1.807) is 12.1 Å². The summed E-state index contributed by atoms with van der Waals surface area (Å²) in [6.45, 7) is 2.28. The van der Waals surface area contributed by atoms with Crippen LogP contribution in [-0.4, -0.2) is 33.8 Å². The Kier molecular flexibility index (Phi) is 8.39. The van der Waals surface area contributed by atoms with Crippen molar-refractivity contribution in [2.24, 2.45) is 0 Å². The van der Waals surface area contributed by atoms with Crippen LogP contribution in [0.1, 0.15) is 12.5 Å². The minimum absolute atomic E-state index is 0.120. The normalized spacial score (nSPS) is 10.8. The topological polar surface area (TPSA) is 89.8 Å². The molecule has 1 amide bonds. The highest BCUT2D eigenvalue weighted by Crippen LogP contribution is 2.38. The number of amides is 1. The molecule has 2 rings (SSSR count). The van der Waals surface area contributed by atoms with E-state index in [0.29, 0.717) is 50.4 Å². The third-order valence-corrected chi connectivity index (χ3v) is 4.82. The van der Waals surface area contributed by atoms with Gasteiger partial charge in [0.15, 0.2) is 11.5 Å². The maximum atomic E-state index is 12.7. The number of hydrogen-bond donors (Lipinski definition) is 1. The van der Waals surface area contributed by atoms with Gasteiger partial charge in [-0.2, -0.15) is 5.26 Å². The van der Waals surface area contributed by atoms with Gasteiger partial charge in [0.1, 0.15) is 23.1 Å². The number of hydrogen-bond acceptors (Lipinski definition) is 6. The summed E-state index contributed by atoms with van der Waals surface area (Å²) in [6.07, 6.45) is 1.45. The summed E-state index contributed by atoms with van der Waals surface area (Å²) >= 11 is 9.50. The predicted octanol–water partition coefficient (Wildman–Crippen LogP) is 5.07. The van der Waals surface area contributed by atoms with Crippen molar-refractivity contribution in [3.63, 3.8) is 0 Å². The third kappa shape index (κ3) is 5.38. The molecule has 0 radical (unpaired) electrons. The molecule has 2 aromatic carbocycles. The molecule has 0 spiro atoms. The van der Waals surface area contributed by atoms with E-state index in [9.17, 15) is 10.1 Å². The molecule has 0 aliphatic rings. The average Bonchev–Trinajstić information content (AvgIpc) is 2.72. The van der Waals surface area contributed by atoms with Crippen LogP contribution in [0.4, 0.5) is 5.69 Å². The highest BCUT2D eigenvalue weighted by molar-refractivity contribution is 9.10. The Balaban J connectivity index is 2.40. The van der Waals surface area contributed by atoms with Crippen molar-refractivity contribution < 1.29 is 23.7 Å². The van der Waals surface area contributed by atoms with Crippen molar-refractivity contribution in [1.29, 1.82) is 5.26 Å². The first-order valence-corrected chi connectivity index (χ1v) is 9.90. The molecular weight excluding hydrogens is 476 g/mol. The summed E-state index contributed by atoms with van der Waals surface area (Å²) in [5.74, 6) is 1.08. The second-order valence-corrected chi connectivity index (χ2v) is 7.04. The fourth-order valence-electron chi connectivity index (χ4n) is 2.60. The molecule has 0 unspecified atom stereocenters. The Labute approximate surface area is 188 Å². The van der Waals surface area contributed by atoms with Crippen LogP contribution in [0.2, 0.25) is 5.02 Å². The second-order valence-electron chi connectivity index (χ2n) is 5.78. The van der Waals surface area contributed by atoms with E-state index < -0.39 is 5.91 Å². The Morgan fingerprint density at radius 2 is 1.83 bits per heavy atom. The molecule has 1 N–H and O–H groups in total. The number of halogens is 2. The van der Waals surface area contributed by atoms with Crippen LogP contribution in [0.3, 0.4) is 0 Å². The average molecular weight is 496 g/mol. The molecule has 7 nitrogen and oxygen atoms in total. The lowest BCUT2D eigenvalue weighted by atomic mass is 10.1. The first-order valence-electron chi connectivity index (χ1n) is 8.73. The SMILES string of the molecule is CCOc1cc(/C=C(\C#N)C(=O)Nc2cc(OC)c(Cl)cc2OC)cc(Br)c1OC. The molecule has 0 heterocycles. The number of methoxy groups -OCH3 is 3. The van der Waals surface area contributed by atoms with Crippen molar-refractivity contribution in [2.45, 2.75) is 6.92 Å². The van der Waals surface area contributed by atoms with Crippen LogP contribution < -0.4 is 24.3 Å². The van der Waals surface area contributed by atoms with E-state index in [1.807, 2.05) is 13.0 Å². The second kappa shape index (κ2) is 10.8. The largest absolute Gasteiger partial charge is 0.495 e. The summed E-state index contributed by atoms with van der Waals surface area (Å²) in [7, 11) is 4.43. The molecule has 0 saturated heterocycles. The van der Waals surface area contributed by atoms with Gasteiger partial charge in [-0.3, -0.25) is 4.79 Å². The molecule has 0 saturated carbocycles. The molecule has 0 fully saturated rings. The number of nitrogens with zero attached hydrogens (tertiary/aromatic N) is 1. The van der Waals surface area contributed by atoms with E-state index in [4.69, 9.17) is 30.5 Å². The summed E-state index contributed by atoms with van der Waals surface area (Å²) in [5, 5.41) is 12.5. The number of rotatable bonds is 8. The minimum atomic E-state index is -0.620. The molecule has 30 heavy (non-hydrogen) atoms. The maximum Gasteiger partial charge on any atom is 0.266 e. The lowest BCUT2D eigenvalue weighted by Gasteiger charge is -2.13. The number of nitriles is 1. The number of carbonyl (C=O) groups is 1. The van der Waals surface area contributed by atoms with E-state index in [2.05, 4.69) is 21.2 Å². The van der Waals surface area contributed by atoms with E-state index in [0.717, 1.165) is 0 Å². The zero-order valence-corrected chi connectivity index (χ0v) is 19.2. The minimum Gasteiger partial charge on any atom is -0.495 e. The van der Waals surface area contributed by atoms with Gasteiger partial charge in [0.25, 0.3) is 5.91 Å². The van der Waals surface area contributed by atoms with Crippen molar-refractivity contribution >= 4 is 45.2 Å². The smallest absolute Gasteiger partial charge is 0.266 e. The van der Waals surface area contributed by atoms with Crippen LogP contribution in [0.25, 0.3) is 6.08 Å². The summed E-state index contributed by atoms with van der Waals surface area (Å²) < 4.78 is 22.0. The maximum absolute atomic E-state index is 12.7. The Morgan fingerprint density at radius 1 is 1.13 bits per heavy atom. The molecule has 0 aliphatic heterocycles. The Bertz CT molecular complexity index is 1020.